The minimum atomic E-state index is -0.132. The summed E-state index contributed by atoms with van der Waals surface area (Å²) in [5.74, 6) is -0.132. The Morgan fingerprint density at radius 2 is 1.77 bits per heavy atom. The van der Waals surface area contributed by atoms with Gasteiger partial charge in [0.25, 0.3) is 5.91 Å². The maximum atomic E-state index is 12.4. The van der Waals surface area contributed by atoms with Crippen LogP contribution in [0.25, 0.3) is 22.0 Å². The van der Waals surface area contributed by atoms with Gasteiger partial charge in [0.2, 0.25) is 0 Å². The van der Waals surface area contributed by atoms with Crippen molar-refractivity contribution in [2.45, 2.75) is 13.3 Å². The molecule has 0 aliphatic rings. The molecule has 0 saturated carbocycles. The lowest BCUT2D eigenvalue weighted by molar-refractivity contribution is 0.102. The van der Waals surface area contributed by atoms with Crippen LogP contribution in [0, 0.1) is 0 Å². The Morgan fingerprint density at radius 3 is 2.54 bits per heavy atom. The van der Waals surface area contributed by atoms with Gasteiger partial charge < -0.3 is 0 Å². The molecule has 0 saturated heterocycles. The Labute approximate surface area is 156 Å². The Bertz CT molecular complexity index is 1070. The van der Waals surface area contributed by atoms with Gasteiger partial charge in [0.05, 0.1) is 5.69 Å². The van der Waals surface area contributed by atoms with Gasteiger partial charge in [-0.2, -0.15) is 0 Å². The zero-order chi connectivity index (χ0) is 17.9. The highest BCUT2D eigenvalue weighted by molar-refractivity contribution is 7.14. The van der Waals surface area contributed by atoms with Crippen molar-refractivity contribution < 1.29 is 4.79 Å². The molecule has 26 heavy (non-hydrogen) atoms. The number of aromatic nitrogens is 1. The van der Waals surface area contributed by atoms with Crippen molar-refractivity contribution in [1.82, 2.24) is 4.98 Å². The first kappa shape index (κ1) is 16.5. The third kappa shape index (κ3) is 3.37. The van der Waals surface area contributed by atoms with E-state index in [1.54, 1.807) is 0 Å². The van der Waals surface area contributed by atoms with Crippen molar-refractivity contribution in [3.63, 3.8) is 0 Å². The van der Waals surface area contributed by atoms with E-state index in [2.05, 4.69) is 47.6 Å². The van der Waals surface area contributed by atoms with Crippen LogP contribution in [0.4, 0.5) is 5.13 Å². The van der Waals surface area contributed by atoms with Crippen molar-refractivity contribution in [3.8, 4) is 11.3 Å². The zero-order valence-electron chi connectivity index (χ0n) is 14.4. The quantitative estimate of drug-likeness (QED) is 0.502. The second-order valence-corrected chi connectivity index (χ2v) is 6.96. The van der Waals surface area contributed by atoms with E-state index in [0.717, 1.165) is 17.7 Å². The first-order valence-electron chi connectivity index (χ1n) is 8.58. The summed E-state index contributed by atoms with van der Waals surface area (Å²) in [7, 11) is 0. The monoisotopic (exact) mass is 358 g/mol. The van der Waals surface area contributed by atoms with Crippen molar-refractivity contribution in [3.05, 3.63) is 83.2 Å². The van der Waals surface area contributed by atoms with Gasteiger partial charge in [-0.05, 0) is 41.0 Å². The topological polar surface area (TPSA) is 42.0 Å². The van der Waals surface area contributed by atoms with E-state index in [9.17, 15) is 4.79 Å². The van der Waals surface area contributed by atoms with E-state index in [1.165, 1.54) is 27.7 Å². The van der Waals surface area contributed by atoms with Crippen molar-refractivity contribution in [2.24, 2.45) is 0 Å². The molecule has 3 nitrogen and oxygen atoms in total. The molecule has 128 valence electrons. The number of thiazole rings is 1. The Kier molecular flexibility index (Phi) is 4.50. The summed E-state index contributed by atoms with van der Waals surface area (Å²) in [6, 6.07) is 22.2. The number of rotatable bonds is 4. The highest BCUT2D eigenvalue weighted by atomic mass is 32.1. The summed E-state index contributed by atoms with van der Waals surface area (Å²) in [5, 5.41) is 7.86. The summed E-state index contributed by atoms with van der Waals surface area (Å²) in [5.41, 5.74) is 3.78. The molecule has 0 unspecified atom stereocenters. The summed E-state index contributed by atoms with van der Waals surface area (Å²) in [6.45, 7) is 2.10. The molecule has 0 aliphatic carbocycles. The number of aryl methyl sites for hydroxylation is 1. The van der Waals surface area contributed by atoms with Crippen molar-refractivity contribution >= 4 is 33.1 Å². The molecule has 1 N–H and O–H groups in total. The average Bonchev–Trinajstić information content (AvgIpc) is 3.16. The number of fused-ring (bicyclic) bond motifs is 1. The Hall–Kier alpha value is -2.98. The van der Waals surface area contributed by atoms with Gasteiger partial charge in [0, 0.05) is 16.5 Å². The van der Waals surface area contributed by atoms with E-state index in [4.69, 9.17) is 0 Å². The first-order chi connectivity index (χ1) is 12.7. The number of carbonyl (C=O) groups excluding carboxylic acids is 1. The third-order valence-electron chi connectivity index (χ3n) is 4.39. The molecule has 1 heterocycles. The maximum absolute atomic E-state index is 12.4. The molecular weight excluding hydrogens is 340 g/mol. The number of anilines is 1. The molecule has 0 aliphatic heterocycles. The molecule has 4 rings (SSSR count). The van der Waals surface area contributed by atoms with Crippen LogP contribution in [0.5, 0.6) is 0 Å². The number of nitrogens with one attached hydrogen (secondary N) is 1. The van der Waals surface area contributed by atoms with Gasteiger partial charge in [-0.25, -0.2) is 4.98 Å². The molecule has 4 heteroatoms. The van der Waals surface area contributed by atoms with E-state index in [-0.39, 0.29) is 5.91 Å². The van der Waals surface area contributed by atoms with Gasteiger partial charge in [0.1, 0.15) is 0 Å². The molecule has 0 atom stereocenters. The lowest BCUT2D eigenvalue weighted by Crippen LogP contribution is -2.11. The summed E-state index contributed by atoms with van der Waals surface area (Å²) >= 11 is 1.44. The highest BCUT2D eigenvalue weighted by Gasteiger charge is 2.10. The molecule has 0 spiro atoms. The van der Waals surface area contributed by atoms with Gasteiger partial charge in [-0.15, -0.1) is 11.3 Å². The third-order valence-corrected chi connectivity index (χ3v) is 5.15. The van der Waals surface area contributed by atoms with Gasteiger partial charge in [-0.1, -0.05) is 55.5 Å². The SMILES string of the molecule is CCc1ccc(C(=O)Nc2nc(-c3ccc4ccccc4c3)cs2)cc1. The molecule has 1 amide bonds. The largest absolute Gasteiger partial charge is 0.298 e. The molecule has 0 bridgehead atoms. The van der Waals surface area contributed by atoms with Gasteiger partial charge >= 0.3 is 0 Å². The summed E-state index contributed by atoms with van der Waals surface area (Å²) in [6.07, 6.45) is 0.962. The van der Waals surface area contributed by atoms with E-state index in [0.29, 0.717) is 10.7 Å². The van der Waals surface area contributed by atoms with Gasteiger partial charge in [0.15, 0.2) is 5.13 Å². The molecule has 4 aromatic rings. The number of amides is 1. The molecule has 0 fully saturated rings. The van der Waals surface area contributed by atoms with E-state index in [1.807, 2.05) is 41.8 Å². The molecular formula is C22H18N2OS. The number of hydrogen-bond acceptors (Lipinski definition) is 3. The lowest BCUT2D eigenvalue weighted by Gasteiger charge is -2.03. The molecule has 1 aromatic heterocycles. The standard InChI is InChI=1S/C22H18N2OS/c1-2-15-7-9-17(10-8-15)21(25)24-22-23-20(14-26-22)19-12-11-16-5-3-4-6-18(16)13-19/h3-14H,2H2,1H3,(H,23,24,25). The zero-order valence-corrected chi connectivity index (χ0v) is 15.2. The van der Waals surface area contributed by atoms with Crippen LogP contribution in [0.15, 0.2) is 72.1 Å². The minimum Gasteiger partial charge on any atom is -0.298 e. The fraction of sp³-hybridized carbons (Fsp3) is 0.0909. The number of nitrogens with zero attached hydrogens (tertiary/aromatic N) is 1. The fourth-order valence-electron chi connectivity index (χ4n) is 2.87. The fourth-order valence-corrected chi connectivity index (χ4v) is 3.59. The lowest BCUT2D eigenvalue weighted by atomic mass is 10.1. The highest BCUT2D eigenvalue weighted by Crippen LogP contribution is 2.28. The summed E-state index contributed by atoms with van der Waals surface area (Å²) in [4.78, 5) is 17.0. The molecule has 3 aromatic carbocycles. The predicted octanol–water partition coefficient (Wildman–Crippen LogP) is 5.78. The van der Waals surface area contributed by atoms with Crippen LogP contribution < -0.4 is 5.32 Å². The number of carbonyl (C=O) groups is 1. The van der Waals surface area contributed by atoms with Crippen LogP contribution in [-0.2, 0) is 6.42 Å². The number of hydrogen-bond donors (Lipinski definition) is 1. The molecule has 0 radical (unpaired) electrons. The maximum Gasteiger partial charge on any atom is 0.257 e. The van der Waals surface area contributed by atoms with E-state index < -0.39 is 0 Å². The second-order valence-electron chi connectivity index (χ2n) is 6.10. The van der Waals surface area contributed by atoms with Gasteiger partial charge in [-0.3, -0.25) is 10.1 Å². The van der Waals surface area contributed by atoms with Crippen LogP contribution in [0.2, 0.25) is 0 Å². The van der Waals surface area contributed by atoms with Crippen LogP contribution in [0.1, 0.15) is 22.8 Å². The van der Waals surface area contributed by atoms with Crippen molar-refractivity contribution in [2.75, 3.05) is 5.32 Å². The summed E-state index contributed by atoms with van der Waals surface area (Å²) < 4.78 is 0. The van der Waals surface area contributed by atoms with E-state index >= 15 is 0 Å². The van der Waals surface area contributed by atoms with Crippen LogP contribution in [0.3, 0.4) is 0 Å². The normalized spacial score (nSPS) is 10.8. The minimum absolute atomic E-state index is 0.132. The smallest absolute Gasteiger partial charge is 0.257 e. The number of benzene rings is 3. The average molecular weight is 358 g/mol. The first-order valence-corrected chi connectivity index (χ1v) is 9.46. The Morgan fingerprint density at radius 1 is 1.00 bits per heavy atom. The van der Waals surface area contributed by atoms with Crippen LogP contribution >= 0.6 is 11.3 Å². The Balaban J connectivity index is 1.54. The predicted molar refractivity (Wildman–Crippen MR) is 109 cm³/mol. The second kappa shape index (κ2) is 7.10. The van der Waals surface area contributed by atoms with Crippen molar-refractivity contribution in [1.29, 1.82) is 0 Å². The van der Waals surface area contributed by atoms with Crippen LogP contribution in [-0.4, -0.2) is 10.9 Å².